The number of rotatable bonds is 14. The molecule has 3 unspecified atom stereocenters. The molecule has 76 heavy (non-hydrogen) atoms. The molecule has 19 heteroatoms. The minimum absolute atomic E-state index is 0.109. The standard InChI is InChI=1S/C57H58N10O6S3/c1-71-46-14-16-51-50(43-13-11-39-21-27-65(74(4,58)68)35-44(39)31-43)23-26-64(54(51)32-46)37-76(59,70)61-34-38-6-8-41(9-7-38)49-24-29-67(55-33-47(72-2)15-17-52(49)55)63-75(5,69)66-28-22-40-10-12-42(30-45(40)36-66)48-20-25-60-57-53(48)18-19-56(62-57)73-3/h6-20,23-26,29-33,58H,21-22,27-28,34-37H2,1-5H3,(H2,59,61,70)/q+2. The highest BCUT2D eigenvalue weighted by Gasteiger charge is 2.28. The Morgan fingerprint density at radius 2 is 1.20 bits per heavy atom. The highest BCUT2D eigenvalue weighted by molar-refractivity contribution is 7.90. The first kappa shape index (κ1) is 50.8. The van der Waals surface area contributed by atoms with E-state index in [1.54, 1.807) is 42.8 Å². The van der Waals surface area contributed by atoms with Crippen LogP contribution in [0.2, 0.25) is 0 Å². The maximum absolute atomic E-state index is 14.8. The van der Waals surface area contributed by atoms with E-state index < -0.39 is 29.7 Å². The predicted molar refractivity (Wildman–Crippen MR) is 298 cm³/mol. The molecular weight excluding hydrogens is 1020 g/mol. The fourth-order valence-electron chi connectivity index (χ4n) is 10.3. The smallest absolute Gasteiger partial charge is 0.250 e. The van der Waals surface area contributed by atoms with E-state index in [0.29, 0.717) is 49.2 Å². The van der Waals surface area contributed by atoms with E-state index in [2.05, 4.69) is 51.1 Å². The average Bonchev–Trinajstić information content (AvgIpc) is 3.44. The summed E-state index contributed by atoms with van der Waals surface area (Å²) in [6.07, 6.45) is 10.1. The molecule has 0 spiro atoms. The van der Waals surface area contributed by atoms with Crippen LogP contribution >= 0.6 is 0 Å². The van der Waals surface area contributed by atoms with Crippen LogP contribution in [0.25, 0.3) is 66.2 Å². The molecule has 6 heterocycles. The van der Waals surface area contributed by atoms with Gasteiger partial charge in [0.2, 0.25) is 29.0 Å². The summed E-state index contributed by atoms with van der Waals surface area (Å²) >= 11 is 0. The second kappa shape index (κ2) is 20.3. The van der Waals surface area contributed by atoms with E-state index in [1.165, 1.54) is 17.4 Å². The molecule has 11 rings (SSSR count). The van der Waals surface area contributed by atoms with Crippen LogP contribution in [0.4, 0.5) is 0 Å². The van der Waals surface area contributed by atoms with Gasteiger partial charge < -0.3 is 14.2 Å². The lowest BCUT2D eigenvalue weighted by Gasteiger charge is -2.28. The Hall–Kier alpha value is -7.39. The molecule has 9 aromatic rings. The predicted octanol–water partition coefficient (Wildman–Crippen LogP) is 9.03. The van der Waals surface area contributed by atoms with Crippen LogP contribution in [0.5, 0.6) is 17.4 Å². The zero-order valence-corrected chi connectivity index (χ0v) is 45.3. The minimum Gasteiger partial charge on any atom is -0.497 e. The second-order valence-corrected chi connectivity index (χ2v) is 25.5. The first-order valence-corrected chi connectivity index (χ1v) is 30.2. The second-order valence-electron chi connectivity index (χ2n) is 19.3. The molecule has 388 valence electrons. The Morgan fingerprint density at radius 1 is 0.618 bits per heavy atom. The van der Waals surface area contributed by atoms with Gasteiger partial charge in [-0.2, -0.15) is 9.55 Å². The van der Waals surface area contributed by atoms with Gasteiger partial charge in [0.05, 0.1) is 48.7 Å². The lowest BCUT2D eigenvalue weighted by atomic mass is 9.94. The van der Waals surface area contributed by atoms with Crippen molar-refractivity contribution in [3.63, 3.8) is 0 Å². The molecule has 0 bridgehead atoms. The van der Waals surface area contributed by atoms with Gasteiger partial charge in [0.1, 0.15) is 21.4 Å². The van der Waals surface area contributed by atoms with E-state index in [0.717, 1.165) is 90.1 Å². The summed E-state index contributed by atoms with van der Waals surface area (Å²) in [6, 6.07) is 42.0. The maximum atomic E-state index is 14.8. The number of hydrogen-bond acceptors (Lipinski definition) is 11. The Labute approximate surface area is 443 Å². The number of fused-ring (bicyclic) bond motifs is 5. The normalized spacial score (nSPS) is 16.3. The Morgan fingerprint density at radius 3 is 1.86 bits per heavy atom. The summed E-state index contributed by atoms with van der Waals surface area (Å²) in [5.41, 5.74) is 13.3. The van der Waals surface area contributed by atoms with Crippen molar-refractivity contribution >= 4 is 62.6 Å². The van der Waals surface area contributed by atoms with Gasteiger partial charge in [0.15, 0.2) is 31.7 Å². The Bertz CT molecular complexity index is 4150. The molecule has 2 aliphatic rings. The molecular formula is C57H58N10O6S3+2. The molecule has 0 fully saturated rings. The SMILES string of the molecule is COc1ccc2c(-c3ccc4c(c3)CN(S(C)(=N)=O)CC4)cc[n+](CS(=N)(=O)NCc3ccc(-c4cc[n+](N=S(C)(=O)N5CCc6ccc(-c7ccnc8nc(OC)ccc78)cc6C5)c5cc(OC)ccc45)cc3)c2c1. The van der Waals surface area contributed by atoms with Crippen molar-refractivity contribution in [1.82, 2.24) is 23.3 Å². The Kier molecular flexibility index (Phi) is 13.5. The summed E-state index contributed by atoms with van der Waals surface area (Å²) in [7, 11) is -4.32. The van der Waals surface area contributed by atoms with Gasteiger partial charge in [-0.1, -0.05) is 48.5 Å². The van der Waals surface area contributed by atoms with Crippen LogP contribution in [0.15, 0.2) is 150 Å². The third kappa shape index (κ3) is 10.2. The molecule has 0 saturated carbocycles. The number of hydrogen-bond donors (Lipinski definition) is 3. The van der Waals surface area contributed by atoms with Crippen molar-refractivity contribution in [2.45, 2.75) is 38.4 Å². The molecule has 0 amide bonds. The van der Waals surface area contributed by atoms with Gasteiger partial charge in [-0.25, -0.2) is 40.5 Å². The Balaban J connectivity index is 0.813. The van der Waals surface area contributed by atoms with Crippen molar-refractivity contribution in [1.29, 1.82) is 9.56 Å². The first-order chi connectivity index (χ1) is 36.6. The quantitative estimate of drug-likeness (QED) is 0.0899. The molecule has 0 radical (unpaired) electrons. The van der Waals surface area contributed by atoms with Crippen molar-refractivity contribution in [2.75, 3.05) is 46.9 Å². The maximum Gasteiger partial charge on any atom is 0.250 e. The number of pyridine rings is 4. The van der Waals surface area contributed by atoms with Crippen LogP contribution < -0.4 is 28.2 Å². The van der Waals surface area contributed by atoms with Crippen molar-refractivity contribution in [3.8, 4) is 50.8 Å². The number of ether oxygens (including phenoxy) is 3. The van der Waals surface area contributed by atoms with Gasteiger partial charge in [-0.05, 0) is 116 Å². The number of methoxy groups -OCH3 is 3. The average molecular weight is 1080 g/mol. The number of nitrogens with zero attached hydrogens (tertiary/aromatic N) is 7. The third-order valence-electron chi connectivity index (χ3n) is 14.4. The fourth-order valence-corrected chi connectivity index (χ4v) is 13.6. The van der Waals surface area contributed by atoms with Gasteiger partial charge in [-0.15, -0.1) is 0 Å². The van der Waals surface area contributed by atoms with E-state index in [1.807, 2.05) is 112 Å². The third-order valence-corrected chi connectivity index (χ3v) is 18.7. The van der Waals surface area contributed by atoms with Gasteiger partial charge in [-0.3, -0.25) is 0 Å². The van der Waals surface area contributed by atoms with E-state index in [9.17, 15) is 12.6 Å². The summed E-state index contributed by atoms with van der Waals surface area (Å²) in [4.78, 5) is 9.01. The van der Waals surface area contributed by atoms with Crippen molar-refractivity contribution < 1.29 is 36.1 Å². The molecule has 0 saturated heterocycles. The molecule has 4 aromatic heterocycles. The topological polar surface area (TPSA) is 191 Å². The van der Waals surface area contributed by atoms with Gasteiger partial charge in [0.25, 0.3) is 0 Å². The highest BCUT2D eigenvalue weighted by Crippen LogP contribution is 2.35. The number of benzene rings is 5. The fraction of sp³-hybridized carbons (Fsp3) is 0.228. The largest absolute Gasteiger partial charge is 0.497 e. The lowest BCUT2D eigenvalue weighted by Crippen LogP contribution is -2.42. The monoisotopic (exact) mass is 1070 g/mol. The first-order valence-electron chi connectivity index (χ1n) is 24.7. The summed E-state index contributed by atoms with van der Waals surface area (Å²) in [5.74, 6) is 1.66. The molecule has 5 aromatic carbocycles. The van der Waals surface area contributed by atoms with Crippen LogP contribution in [-0.4, -0.2) is 78.1 Å². The molecule has 3 N–H and O–H groups in total. The van der Waals surface area contributed by atoms with Crippen molar-refractivity contribution in [2.24, 2.45) is 4.47 Å². The summed E-state index contributed by atoms with van der Waals surface area (Å²) in [5, 5.41) is 2.70. The van der Waals surface area contributed by atoms with Crippen molar-refractivity contribution in [3.05, 3.63) is 174 Å². The lowest BCUT2D eigenvalue weighted by molar-refractivity contribution is -0.650. The van der Waals surface area contributed by atoms with Crippen LogP contribution in [0, 0.1) is 9.56 Å². The van der Waals surface area contributed by atoms with E-state index >= 15 is 0 Å². The van der Waals surface area contributed by atoms with Gasteiger partial charge >= 0.3 is 0 Å². The summed E-state index contributed by atoms with van der Waals surface area (Å²) < 4.78 is 90.4. The molecule has 16 nitrogen and oxygen atoms in total. The minimum atomic E-state index is -3.36. The van der Waals surface area contributed by atoms with E-state index in [-0.39, 0.29) is 12.4 Å². The molecule has 3 atom stereocenters. The number of aromatic nitrogens is 4. The number of nitrogens with one attached hydrogen (secondary N) is 3. The highest BCUT2D eigenvalue weighted by atomic mass is 32.2. The zero-order chi connectivity index (χ0) is 52.9. The van der Waals surface area contributed by atoms with Crippen LogP contribution in [-0.2, 0) is 68.1 Å². The van der Waals surface area contributed by atoms with Crippen LogP contribution in [0.3, 0.4) is 0 Å². The van der Waals surface area contributed by atoms with Crippen LogP contribution in [0.1, 0.15) is 27.8 Å². The van der Waals surface area contributed by atoms with Gasteiger partial charge in [0, 0.05) is 86.1 Å². The summed E-state index contributed by atoms with van der Waals surface area (Å²) in [6.45, 7) is 2.26. The van der Waals surface area contributed by atoms with E-state index in [4.69, 9.17) is 28.2 Å². The molecule has 0 aliphatic carbocycles. The molecule has 2 aliphatic heterocycles. The zero-order valence-electron chi connectivity index (χ0n) is 42.8.